The van der Waals surface area contributed by atoms with Crippen LogP contribution in [0.5, 0.6) is 0 Å². The third-order valence-electron chi connectivity index (χ3n) is 1.78. The fraction of sp³-hybridized carbons (Fsp3) is 0.778. The molecule has 0 fully saturated rings. The first-order chi connectivity index (χ1) is 7.17. The molecule has 6 nitrogen and oxygen atoms in total. The molecule has 0 unspecified atom stereocenters. The van der Waals surface area contributed by atoms with E-state index in [4.69, 9.17) is 9.47 Å². The maximum Gasteiger partial charge on any atom is 0.396 e. The van der Waals surface area contributed by atoms with Crippen molar-refractivity contribution in [2.24, 2.45) is 0 Å². The molecule has 1 amide bonds. The molecule has 15 heavy (non-hydrogen) atoms. The van der Waals surface area contributed by atoms with Gasteiger partial charge >= 0.3 is 11.9 Å². The molecular weight excluding hydrogens is 202 g/mol. The van der Waals surface area contributed by atoms with E-state index in [9.17, 15) is 9.59 Å². The van der Waals surface area contributed by atoms with Crippen LogP contribution in [-0.4, -0.2) is 64.4 Å². The van der Waals surface area contributed by atoms with Crippen molar-refractivity contribution in [3.63, 3.8) is 0 Å². The van der Waals surface area contributed by atoms with Gasteiger partial charge in [-0.05, 0) is 0 Å². The molecule has 6 heteroatoms. The number of methoxy groups -OCH3 is 3. The summed E-state index contributed by atoms with van der Waals surface area (Å²) in [7, 11) is 4.22. The Morgan fingerprint density at radius 3 is 1.80 bits per heavy atom. The van der Waals surface area contributed by atoms with E-state index >= 15 is 0 Å². The van der Waals surface area contributed by atoms with Crippen LogP contribution in [0.2, 0.25) is 0 Å². The second-order valence-electron chi connectivity index (χ2n) is 2.77. The van der Waals surface area contributed by atoms with Crippen molar-refractivity contribution >= 4 is 11.9 Å². The van der Waals surface area contributed by atoms with Crippen LogP contribution in [-0.2, 0) is 23.8 Å². The van der Waals surface area contributed by atoms with Crippen LogP contribution in [0.3, 0.4) is 0 Å². The minimum atomic E-state index is -0.873. The summed E-state index contributed by atoms with van der Waals surface area (Å²) in [4.78, 5) is 23.7. The van der Waals surface area contributed by atoms with E-state index in [2.05, 4.69) is 4.74 Å². The monoisotopic (exact) mass is 219 g/mol. The number of hydrogen-bond donors (Lipinski definition) is 0. The van der Waals surface area contributed by atoms with Crippen LogP contribution in [0.15, 0.2) is 0 Å². The predicted molar refractivity (Wildman–Crippen MR) is 52.3 cm³/mol. The zero-order chi connectivity index (χ0) is 11.7. The van der Waals surface area contributed by atoms with E-state index < -0.39 is 11.9 Å². The highest BCUT2D eigenvalue weighted by molar-refractivity contribution is 6.32. The molecule has 0 aliphatic heterocycles. The topological polar surface area (TPSA) is 65.1 Å². The fourth-order valence-corrected chi connectivity index (χ4v) is 0.934. The van der Waals surface area contributed by atoms with Crippen molar-refractivity contribution in [2.75, 3.05) is 47.6 Å². The van der Waals surface area contributed by atoms with Crippen molar-refractivity contribution in [1.29, 1.82) is 0 Å². The Balaban J connectivity index is 4.19. The summed E-state index contributed by atoms with van der Waals surface area (Å²) >= 11 is 0. The molecule has 0 aliphatic carbocycles. The van der Waals surface area contributed by atoms with Gasteiger partial charge in [0.25, 0.3) is 0 Å². The summed E-state index contributed by atoms with van der Waals surface area (Å²) in [5.74, 6) is -1.55. The van der Waals surface area contributed by atoms with Crippen LogP contribution in [0.1, 0.15) is 0 Å². The van der Waals surface area contributed by atoms with Crippen LogP contribution in [0.4, 0.5) is 0 Å². The van der Waals surface area contributed by atoms with Gasteiger partial charge in [0.15, 0.2) is 0 Å². The molecule has 0 aromatic rings. The highest BCUT2D eigenvalue weighted by atomic mass is 16.5. The van der Waals surface area contributed by atoms with E-state index in [1.54, 1.807) is 0 Å². The maximum absolute atomic E-state index is 11.4. The minimum Gasteiger partial charge on any atom is -0.462 e. The molecule has 0 bridgehead atoms. The zero-order valence-electron chi connectivity index (χ0n) is 9.32. The summed E-state index contributed by atoms with van der Waals surface area (Å²) in [6.07, 6.45) is 0. The Morgan fingerprint density at radius 2 is 1.47 bits per heavy atom. The molecule has 0 aromatic heterocycles. The number of rotatable bonds is 6. The minimum absolute atomic E-state index is 0.341. The average Bonchev–Trinajstić information content (AvgIpc) is 2.27. The van der Waals surface area contributed by atoms with Gasteiger partial charge in [-0.3, -0.25) is 4.79 Å². The molecular formula is C9H17NO5. The average molecular weight is 219 g/mol. The summed E-state index contributed by atoms with van der Waals surface area (Å²) < 4.78 is 14.0. The first-order valence-corrected chi connectivity index (χ1v) is 4.52. The second kappa shape index (κ2) is 8.19. The van der Waals surface area contributed by atoms with Crippen molar-refractivity contribution in [3.05, 3.63) is 0 Å². The van der Waals surface area contributed by atoms with Gasteiger partial charge in [0.05, 0.1) is 20.3 Å². The summed E-state index contributed by atoms with van der Waals surface area (Å²) in [5.41, 5.74) is 0. The molecule has 0 aliphatic rings. The lowest BCUT2D eigenvalue weighted by Gasteiger charge is -2.20. The smallest absolute Gasteiger partial charge is 0.396 e. The molecule has 0 radical (unpaired) electrons. The molecule has 0 rings (SSSR count). The SMILES string of the molecule is COCCN(CCOC)C(=O)C(=O)OC. The van der Waals surface area contributed by atoms with E-state index in [0.29, 0.717) is 26.3 Å². The Kier molecular flexibility index (Phi) is 7.57. The van der Waals surface area contributed by atoms with Crippen molar-refractivity contribution in [3.8, 4) is 0 Å². The number of ether oxygens (including phenoxy) is 3. The summed E-state index contributed by atoms with van der Waals surface area (Å²) in [6, 6.07) is 0. The van der Waals surface area contributed by atoms with Crippen LogP contribution < -0.4 is 0 Å². The molecule has 0 aromatic carbocycles. The highest BCUT2D eigenvalue weighted by Gasteiger charge is 2.21. The van der Waals surface area contributed by atoms with Gasteiger partial charge in [0, 0.05) is 27.3 Å². The molecule has 0 saturated carbocycles. The Bertz CT molecular complexity index is 199. The maximum atomic E-state index is 11.4. The first-order valence-electron chi connectivity index (χ1n) is 4.52. The lowest BCUT2D eigenvalue weighted by Crippen LogP contribution is -2.41. The highest BCUT2D eigenvalue weighted by Crippen LogP contribution is 1.93. The first kappa shape index (κ1) is 13.9. The lowest BCUT2D eigenvalue weighted by atomic mass is 10.4. The van der Waals surface area contributed by atoms with Crippen LogP contribution >= 0.6 is 0 Å². The predicted octanol–water partition coefficient (Wildman–Crippen LogP) is -0.719. The Hall–Kier alpha value is -1.14. The van der Waals surface area contributed by atoms with Gasteiger partial charge in [-0.1, -0.05) is 0 Å². The third-order valence-corrected chi connectivity index (χ3v) is 1.78. The summed E-state index contributed by atoms with van der Waals surface area (Å²) in [5, 5.41) is 0. The van der Waals surface area contributed by atoms with Gasteiger partial charge in [-0.2, -0.15) is 0 Å². The normalized spacial score (nSPS) is 9.80. The van der Waals surface area contributed by atoms with Crippen LogP contribution in [0, 0.1) is 0 Å². The quantitative estimate of drug-likeness (QED) is 0.436. The molecule has 0 spiro atoms. The molecule has 0 saturated heterocycles. The van der Waals surface area contributed by atoms with Gasteiger partial charge in [-0.15, -0.1) is 0 Å². The second-order valence-corrected chi connectivity index (χ2v) is 2.77. The number of carbonyl (C=O) groups excluding carboxylic acids is 2. The van der Waals surface area contributed by atoms with E-state index in [1.807, 2.05) is 0 Å². The molecule has 0 N–H and O–H groups in total. The third kappa shape index (κ3) is 5.34. The van der Waals surface area contributed by atoms with E-state index in [0.717, 1.165) is 0 Å². The van der Waals surface area contributed by atoms with E-state index in [-0.39, 0.29) is 0 Å². The van der Waals surface area contributed by atoms with Gasteiger partial charge in [0.1, 0.15) is 0 Å². The number of carbonyl (C=O) groups is 2. The number of nitrogens with zero attached hydrogens (tertiary/aromatic N) is 1. The zero-order valence-corrected chi connectivity index (χ0v) is 9.32. The summed E-state index contributed by atoms with van der Waals surface area (Å²) in [6.45, 7) is 1.42. The van der Waals surface area contributed by atoms with Crippen molar-refractivity contribution in [2.45, 2.75) is 0 Å². The van der Waals surface area contributed by atoms with Gasteiger partial charge < -0.3 is 19.1 Å². The fourth-order valence-electron chi connectivity index (χ4n) is 0.934. The number of amides is 1. The number of esters is 1. The van der Waals surface area contributed by atoms with Crippen molar-refractivity contribution < 1.29 is 23.8 Å². The van der Waals surface area contributed by atoms with Gasteiger partial charge in [-0.25, -0.2) is 4.79 Å². The Morgan fingerprint density at radius 1 is 1.00 bits per heavy atom. The van der Waals surface area contributed by atoms with Gasteiger partial charge in [0.2, 0.25) is 0 Å². The molecule has 88 valence electrons. The standard InChI is InChI=1S/C9H17NO5/c1-13-6-4-10(5-7-14-2)8(11)9(12)15-3/h4-7H2,1-3H3. The Labute approximate surface area is 89.1 Å². The van der Waals surface area contributed by atoms with Crippen LogP contribution in [0.25, 0.3) is 0 Å². The van der Waals surface area contributed by atoms with Crippen molar-refractivity contribution in [1.82, 2.24) is 4.90 Å². The number of hydrogen-bond acceptors (Lipinski definition) is 5. The van der Waals surface area contributed by atoms with E-state index in [1.165, 1.54) is 26.2 Å². The largest absolute Gasteiger partial charge is 0.462 e. The molecule has 0 heterocycles. The molecule has 0 atom stereocenters. The lowest BCUT2D eigenvalue weighted by molar-refractivity contribution is -0.158.